The third-order valence-electron chi connectivity index (χ3n) is 9.45. The van der Waals surface area contributed by atoms with Gasteiger partial charge in [-0.05, 0) is 74.5 Å². The number of unbranched alkanes of at least 4 members (excludes halogenated alkanes) is 1. The normalized spacial score (nSPS) is 53.5. The van der Waals surface area contributed by atoms with Crippen molar-refractivity contribution in [3.63, 3.8) is 0 Å². The first kappa shape index (κ1) is 19.4. The number of fused-ring (bicyclic) bond motifs is 7. The summed E-state index contributed by atoms with van der Waals surface area (Å²) >= 11 is 0. The Labute approximate surface area is 170 Å². The van der Waals surface area contributed by atoms with E-state index in [0.717, 1.165) is 44.9 Å². The molecule has 0 amide bonds. The Hall–Kier alpha value is -0.610. The predicted octanol–water partition coefficient (Wildman–Crippen LogP) is 4.74. The fraction of sp³-hybridized carbons (Fsp3) is 0.958. The topological polar surface area (TPSA) is 51.4 Å². The molecule has 3 saturated carbocycles. The fourth-order valence-corrected chi connectivity index (χ4v) is 7.85. The first-order valence-electron chi connectivity index (χ1n) is 11.8. The average Bonchev–Trinajstić information content (AvgIpc) is 3.50. The van der Waals surface area contributed by atoms with Crippen LogP contribution in [0, 0.1) is 34.5 Å². The number of carbonyl (C=O) groups is 1. The van der Waals surface area contributed by atoms with Gasteiger partial charge in [0.15, 0.2) is 0 Å². The Morgan fingerprint density at radius 3 is 2.71 bits per heavy atom. The van der Waals surface area contributed by atoms with Gasteiger partial charge in [0.2, 0.25) is 0 Å². The molecule has 0 radical (unpaired) electrons. The summed E-state index contributed by atoms with van der Waals surface area (Å²) in [4.78, 5) is 13.6. The third-order valence-corrected chi connectivity index (χ3v) is 9.45. The second-order valence-electron chi connectivity index (χ2n) is 11.3. The summed E-state index contributed by atoms with van der Waals surface area (Å²) in [6.07, 6.45) is 8.43. The molecule has 0 aromatic carbocycles. The lowest BCUT2D eigenvalue weighted by Crippen LogP contribution is -2.54. The lowest BCUT2D eigenvalue weighted by Gasteiger charge is -2.53. The lowest BCUT2D eigenvalue weighted by atomic mass is 9.50. The Bertz CT molecular complexity index is 661. The van der Waals surface area contributed by atoms with Crippen molar-refractivity contribution in [3.8, 4) is 0 Å². The molecule has 0 N–H and O–H groups in total. The van der Waals surface area contributed by atoms with Crippen molar-refractivity contribution < 1.29 is 19.0 Å². The molecule has 4 heteroatoms. The molecule has 4 nitrogen and oxygen atoms in total. The number of esters is 1. The van der Waals surface area contributed by atoms with Gasteiger partial charge < -0.3 is 14.2 Å². The summed E-state index contributed by atoms with van der Waals surface area (Å²) in [6.45, 7) is 12.0. The van der Waals surface area contributed by atoms with Crippen LogP contribution < -0.4 is 0 Å². The van der Waals surface area contributed by atoms with E-state index in [1.54, 1.807) is 0 Å². The molecule has 5 rings (SSSR count). The summed E-state index contributed by atoms with van der Waals surface area (Å²) in [5.41, 5.74) is -0.133. The molecule has 5 aliphatic rings. The molecule has 9 atom stereocenters. The maximum atomic E-state index is 13.6. The molecule has 2 heterocycles. The average molecular weight is 391 g/mol. The van der Waals surface area contributed by atoms with E-state index in [2.05, 4.69) is 34.6 Å². The van der Waals surface area contributed by atoms with Gasteiger partial charge in [-0.25, -0.2) is 0 Å². The van der Waals surface area contributed by atoms with Crippen LogP contribution in [0.4, 0.5) is 0 Å². The lowest BCUT2D eigenvalue weighted by molar-refractivity contribution is -0.175. The molecule has 0 bridgehead atoms. The number of rotatable bonds is 5. The second kappa shape index (κ2) is 6.20. The van der Waals surface area contributed by atoms with Gasteiger partial charge in [0.05, 0.1) is 24.2 Å². The molecule has 28 heavy (non-hydrogen) atoms. The van der Waals surface area contributed by atoms with E-state index in [-0.39, 0.29) is 34.6 Å². The molecule has 0 aromatic rings. The van der Waals surface area contributed by atoms with E-state index in [1.807, 2.05) is 0 Å². The zero-order valence-electron chi connectivity index (χ0n) is 18.3. The van der Waals surface area contributed by atoms with Crippen molar-refractivity contribution in [1.82, 2.24) is 0 Å². The zero-order valence-corrected chi connectivity index (χ0v) is 18.3. The minimum Gasteiger partial charge on any atom is -0.465 e. The SMILES string of the molecule is CCCCOC(=O)[C@]12CC[C@@]3(C)CC4O[C@@]4(C)C4OC4[C@H]3[C@@H]1CC[C@@H]2C(C)C. The van der Waals surface area contributed by atoms with E-state index < -0.39 is 0 Å². The highest BCUT2D eigenvalue weighted by molar-refractivity contribution is 5.78. The zero-order chi connectivity index (χ0) is 19.9. The molecule has 2 aliphatic heterocycles. The third kappa shape index (κ3) is 2.46. The molecule has 3 unspecified atom stereocenters. The van der Waals surface area contributed by atoms with E-state index in [9.17, 15) is 4.79 Å². The summed E-state index contributed by atoms with van der Waals surface area (Å²) in [5, 5.41) is 0. The summed E-state index contributed by atoms with van der Waals surface area (Å²) in [7, 11) is 0. The van der Waals surface area contributed by atoms with Crippen molar-refractivity contribution in [2.24, 2.45) is 34.5 Å². The van der Waals surface area contributed by atoms with Gasteiger partial charge in [-0.15, -0.1) is 0 Å². The molecule has 2 saturated heterocycles. The van der Waals surface area contributed by atoms with Crippen molar-refractivity contribution in [2.75, 3.05) is 6.61 Å². The monoisotopic (exact) mass is 390 g/mol. The van der Waals surface area contributed by atoms with Gasteiger partial charge in [0, 0.05) is 0 Å². The first-order chi connectivity index (χ1) is 13.3. The summed E-state index contributed by atoms with van der Waals surface area (Å²) in [5.74, 6) is 1.95. The Morgan fingerprint density at radius 1 is 1.21 bits per heavy atom. The van der Waals surface area contributed by atoms with E-state index in [4.69, 9.17) is 14.2 Å². The van der Waals surface area contributed by atoms with Crippen LogP contribution >= 0.6 is 0 Å². The molecular weight excluding hydrogens is 352 g/mol. The van der Waals surface area contributed by atoms with Crippen molar-refractivity contribution >= 4 is 5.97 Å². The first-order valence-corrected chi connectivity index (χ1v) is 11.8. The number of carbonyl (C=O) groups excluding carboxylic acids is 1. The summed E-state index contributed by atoms with van der Waals surface area (Å²) in [6, 6.07) is 0. The van der Waals surface area contributed by atoms with Crippen LogP contribution in [0.5, 0.6) is 0 Å². The van der Waals surface area contributed by atoms with Crippen molar-refractivity contribution in [2.45, 2.75) is 103 Å². The Kier molecular flexibility index (Phi) is 4.29. The van der Waals surface area contributed by atoms with E-state index in [1.165, 1.54) is 0 Å². The van der Waals surface area contributed by atoms with E-state index >= 15 is 0 Å². The minimum atomic E-state index is -0.293. The predicted molar refractivity (Wildman–Crippen MR) is 107 cm³/mol. The number of hydrogen-bond donors (Lipinski definition) is 0. The van der Waals surface area contributed by atoms with Crippen LogP contribution in [-0.4, -0.2) is 36.5 Å². The van der Waals surface area contributed by atoms with Crippen LogP contribution in [0.25, 0.3) is 0 Å². The highest BCUT2D eigenvalue weighted by Gasteiger charge is 2.77. The second-order valence-corrected chi connectivity index (χ2v) is 11.3. The maximum Gasteiger partial charge on any atom is 0.312 e. The van der Waals surface area contributed by atoms with Crippen molar-refractivity contribution in [1.29, 1.82) is 0 Å². The standard InChI is InChI=1S/C24H38O4/c1-6-7-12-26-21(25)24-11-10-22(4)13-17-23(5,28-17)20-19(27-20)18(22)16(24)9-8-15(24)14(2)3/h14-20H,6-13H2,1-5H3/t15-,16+,17?,18-,19?,20?,22+,23-,24+/m1/s1. The largest absolute Gasteiger partial charge is 0.465 e. The van der Waals surface area contributed by atoms with Crippen molar-refractivity contribution in [3.05, 3.63) is 0 Å². The molecular formula is C24H38O4. The highest BCUT2D eigenvalue weighted by atomic mass is 16.7. The number of epoxide rings is 2. The highest BCUT2D eigenvalue weighted by Crippen LogP contribution is 2.71. The van der Waals surface area contributed by atoms with Crippen LogP contribution in [0.15, 0.2) is 0 Å². The van der Waals surface area contributed by atoms with Gasteiger partial charge in [-0.1, -0.05) is 34.1 Å². The Balaban J connectivity index is 1.49. The maximum absolute atomic E-state index is 13.6. The van der Waals surface area contributed by atoms with Crippen LogP contribution in [0.2, 0.25) is 0 Å². The quantitative estimate of drug-likeness (QED) is 0.386. The molecule has 0 aromatic heterocycles. The Morgan fingerprint density at radius 2 is 2.00 bits per heavy atom. The van der Waals surface area contributed by atoms with Crippen LogP contribution in [0.1, 0.15) is 79.6 Å². The molecule has 3 aliphatic carbocycles. The van der Waals surface area contributed by atoms with Gasteiger partial charge >= 0.3 is 5.97 Å². The molecule has 158 valence electrons. The minimum absolute atomic E-state index is 0.0641. The van der Waals surface area contributed by atoms with Crippen LogP contribution in [-0.2, 0) is 19.0 Å². The number of ether oxygens (including phenoxy) is 3. The molecule has 5 fully saturated rings. The van der Waals surface area contributed by atoms with E-state index in [0.29, 0.717) is 36.4 Å². The van der Waals surface area contributed by atoms with Gasteiger partial charge in [-0.2, -0.15) is 0 Å². The number of hydrogen-bond acceptors (Lipinski definition) is 4. The summed E-state index contributed by atoms with van der Waals surface area (Å²) < 4.78 is 18.4. The van der Waals surface area contributed by atoms with Gasteiger partial charge in [0.1, 0.15) is 11.7 Å². The van der Waals surface area contributed by atoms with Gasteiger partial charge in [0.25, 0.3) is 0 Å². The smallest absolute Gasteiger partial charge is 0.312 e. The van der Waals surface area contributed by atoms with Gasteiger partial charge in [-0.3, -0.25) is 4.79 Å². The molecule has 0 spiro atoms. The van der Waals surface area contributed by atoms with Crippen LogP contribution in [0.3, 0.4) is 0 Å². The fourth-order valence-electron chi connectivity index (χ4n) is 7.85.